The smallest absolute Gasteiger partial charge is 0.0406 e. The molecule has 0 spiro atoms. The lowest BCUT2D eigenvalue weighted by molar-refractivity contribution is 0.796. The van der Waals surface area contributed by atoms with Crippen LogP contribution in [0.4, 0.5) is 0 Å². The SMILES string of the molecule is CCCCc1ccccc1-c1ccccc1/C=C/c1ccc(Cl)cc1. The lowest BCUT2D eigenvalue weighted by Crippen LogP contribution is -1.92. The van der Waals surface area contributed by atoms with Crippen LogP contribution >= 0.6 is 11.6 Å². The van der Waals surface area contributed by atoms with Gasteiger partial charge in [0.1, 0.15) is 0 Å². The maximum Gasteiger partial charge on any atom is 0.0406 e. The summed E-state index contributed by atoms with van der Waals surface area (Å²) in [7, 11) is 0. The first-order valence-electron chi connectivity index (χ1n) is 8.89. The number of benzene rings is 3. The first-order valence-corrected chi connectivity index (χ1v) is 9.26. The molecular weight excluding hydrogens is 324 g/mol. The Balaban J connectivity index is 1.95. The second kappa shape index (κ2) is 8.69. The van der Waals surface area contributed by atoms with Crippen molar-refractivity contribution < 1.29 is 0 Å². The third-order valence-corrected chi connectivity index (χ3v) is 4.65. The summed E-state index contributed by atoms with van der Waals surface area (Å²) in [5.74, 6) is 0. The molecule has 0 radical (unpaired) electrons. The normalized spacial score (nSPS) is 11.1. The van der Waals surface area contributed by atoms with Gasteiger partial charge < -0.3 is 0 Å². The average Bonchev–Trinajstić information content (AvgIpc) is 2.66. The van der Waals surface area contributed by atoms with Crippen LogP contribution in [0.2, 0.25) is 5.02 Å². The number of aryl methyl sites for hydroxylation is 1. The van der Waals surface area contributed by atoms with Crippen LogP contribution in [0, 0.1) is 0 Å². The molecule has 0 atom stereocenters. The van der Waals surface area contributed by atoms with E-state index in [9.17, 15) is 0 Å². The molecule has 3 aromatic carbocycles. The molecule has 0 aliphatic carbocycles. The molecule has 0 amide bonds. The van der Waals surface area contributed by atoms with Crippen LogP contribution in [0.1, 0.15) is 36.5 Å². The Bertz CT molecular complexity index is 844. The van der Waals surface area contributed by atoms with Crippen LogP contribution in [-0.4, -0.2) is 0 Å². The van der Waals surface area contributed by atoms with E-state index in [-0.39, 0.29) is 0 Å². The highest BCUT2D eigenvalue weighted by Gasteiger charge is 2.07. The number of hydrogen-bond acceptors (Lipinski definition) is 0. The fourth-order valence-corrected chi connectivity index (χ4v) is 3.14. The molecule has 0 unspecified atom stereocenters. The maximum atomic E-state index is 5.97. The monoisotopic (exact) mass is 346 g/mol. The number of halogens is 1. The Morgan fingerprint density at radius 3 is 2.20 bits per heavy atom. The summed E-state index contributed by atoms with van der Waals surface area (Å²) in [5, 5.41) is 0.766. The van der Waals surface area contributed by atoms with Crippen molar-refractivity contribution in [3.8, 4) is 11.1 Å². The Morgan fingerprint density at radius 2 is 1.44 bits per heavy atom. The van der Waals surface area contributed by atoms with Crippen LogP contribution in [0.3, 0.4) is 0 Å². The summed E-state index contributed by atoms with van der Waals surface area (Å²) < 4.78 is 0. The van der Waals surface area contributed by atoms with Gasteiger partial charge in [-0.2, -0.15) is 0 Å². The molecular formula is C24H23Cl. The molecule has 0 saturated heterocycles. The predicted octanol–water partition coefficient (Wildman–Crippen LogP) is 7.52. The molecule has 0 fully saturated rings. The van der Waals surface area contributed by atoms with E-state index in [4.69, 9.17) is 11.6 Å². The summed E-state index contributed by atoms with van der Waals surface area (Å²) in [4.78, 5) is 0. The molecule has 3 rings (SSSR count). The molecule has 0 N–H and O–H groups in total. The first kappa shape index (κ1) is 17.5. The second-order valence-electron chi connectivity index (χ2n) is 6.23. The molecule has 3 aromatic rings. The van der Waals surface area contributed by atoms with E-state index < -0.39 is 0 Å². The largest absolute Gasteiger partial charge is 0.0843 e. The number of rotatable bonds is 6. The van der Waals surface area contributed by atoms with Gasteiger partial charge in [-0.05, 0) is 52.8 Å². The maximum absolute atomic E-state index is 5.97. The lowest BCUT2D eigenvalue weighted by atomic mass is 9.92. The molecule has 0 nitrogen and oxygen atoms in total. The Labute approximate surface area is 155 Å². The van der Waals surface area contributed by atoms with E-state index in [1.54, 1.807) is 0 Å². The van der Waals surface area contributed by atoms with E-state index in [1.807, 2.05) is 24.3 Å². The van der Waals surface area contributed by atoms with Crippen LogP contribution < -0.4 is 0 Å². The molecule has 0 aliphatic heterocycles. The zero-order valence-corrected chi connectivity index (χ0v) is 15.3. The third-order valence-electron chi connectivity index (χ3n) is 4.39. The van der Waals surface area contributed by atoms with Crippen molar-refractivity contribution in [2.75, 3.05) is 0 Å². The van der Waals surface area contributed by atoms with Gasteiger partial charge in [0.15, 0.2) is 0 Å². The Hall–Kier alpha value is -2.31. The Kier molecular flexibility index (Phi) is 6.09. The van der Waals surface area contributed by atoms with Crippen LogP contribution in [0.15, 0.2) is 72.8 Å². The van der Waals surface area contributed by atoms with Gasteiger partial charge in [0.05, 0.1) is 0 Å². The zero-order chi connectivity index (χ0) is 17.5. The summed E-state index contributed by atoms with van der Waals surface area (Å²) in [6.45, 7) is 2.24. The predicted molar refractivity (Wildman–Crippen MR) is 111 cm³/mol. The van der Waals surface area contributed by atoms with Crippen molar-refractivity contribution in [2.45, 2.75) is 26.2 Å². The molecule has 0 aromatic heterocycles. The van der Waals surface area contributed by atoms with Gasteiger partial charge in [-0.25, -0.2) is 0 Å². The van der Waals surface area contributed by atoms with Crippen molar-refractivity contribution in [3.63, 3.8) is 0 Å². The average molecular weight is 347 g/mol. The molecule has 0 heterocycles. The fraction of sp³-hybridized carbons (Fsp3) is 0.167. The molecule has 0 bridgehead atoms. The highest BCUT2D eigenvalue weighted by atomic mass is 35.5. The van der Waals surface area contributed by atoms with Gasteiger partial charge in [0, 0.05) is 5.02 Å². The van der Waals surface area contributed by atoms with Gasteiger partial charge in [-0.3, -0.25) is 0 Å². The first-order chi connectivity index (χ1) is 12.3. The van der Waals surface area contributed by atoms with Crippen molar-refractivity contribution in [1.29, 1.82) is 0 Å². The topological polar surface area (TPSA) is 0 Å². The van der Waals surface area contributed by atoms with Crippen molar-refractivity contribution in [3.05, 3.63) is 94.5 Å². The highest BCUT2D eigenvalue weighted by Crippen LogP contribution is 2.29. The number of unbranched alkanes of at least 4 members (excludes halogenated alkanes) is 1. The van der Waals surface area contributed by atoms with Gasteiger partial charge in [0.2, 0.25) is 0 Å². The molecule has 25 heavy (non-hydrogen) atoms. The molecule has 126 valence electrons. The van der Waals surface area contributed by atoms with Crippen molar-refractivity contribution in [1.82, 2.24) is 0 Å². The third kappa shape index (κ3) is 4.61. The summed E-state index contributed by atoms with van der Waals surface area (Å²) in [6.07, 6.45) is 7.90. The summed E-state index contributed by atoms with van der Waals surface area (Å²) >= 11 is 5.97. The number of hydrogen-bond donors (Lipinski definition) is 0. The molecule has 1 heteroatoms. The summed E-state index contributed by atoms with van der Waals surface area (Å²) in [6, 6.07) is 25.3. The second-order valence-corrected chi connectivity index (χ2v) is 6.67. The highest BCUT2D eigenvalue weighted by molar-refractivity contribution is 6.30. The van der Waals surface area contributed by atoms with Crippen molar-refractivity contribution >= 4 is 23.8 Å². The van der Waals surface area contributed by atoms with E-state index >= 15 is 0 Å². The quantitative estimate of drug-likeness (QED) is 0.405. The molecule has 0 saturated carbocycles. The van der Waals surface area contributed by atoms with Gasteiger partial charge >= 0.3 is 0 Å². The minimum absolute atomic E-state index is 0.766. The van der Waals surface area contributed by atoms with Gasteiger partial charge in [-0.15, -0.1) is 0 Å². The Morgan fingerprint density at radius 1 is 0.760 bits per heavy atom. The standard InChI is InChI=1S/C24H23Cl/c1-2-3-8-20-9-4-6-11-23(20)24-12-7-5-10-21(24)16-13-19-14-17-22(25)18-15-19/h4-7,9-18H,2-3,8H2,1H3/b16-13+. The van der Waals surface area contributed by atoms with Crippen molar-refractivity contribution in [2.24, 2.45) is 0 Å². The van der Waals surface area contributed by atoms with Crippen LogP contribution in [-0.2, 0) is 6.42 Å². The molecule has 0 aliphatic rings. The van der Waals surface area contributed by atoms with Crippen LogP contribution in [0.25, 0.3) is 23.3 Å². The minimum atomic E-state index is 0.766. The minimum Gasteiger partial charge on any atom is -0.0843 e. The van der Waals surface area contributed by atoms with Crippen LogP contribution in [0.5, 0.6) is 0 Å². The zero-order valence-electron chi connectivity index (χ0n) is 14.6. The van der Waals surface area contributed by atoms with E-state index in [2.05, 4.69) is 67.6 Å². The fourth-order valence-electron chi connectivity index (χ4n) is 3.02. The van der Waals surface area contributed by atoms with E-state index in [0.29, 0.717) is 0 Å². The van der Waals surface area contributed by atoms with Gasteiger partial charge in [0.25, 0.3) is 0 Å². The van der Waals surface area contributed by atoms with E-state index in [1.165, 1.54) is 35.1 Å². The van der Waals surface area contributed by atoms with Gasteiger partial charge in [-0.1, -0.05) is 97.8 Å². The lowest BCUT2D eigenvalue weighted by Gasteiger charge is -2.12. The van der Waals surface area contributed by atoms with E-state index in [0.717, 1.165) is 17.0 Å². The summed E-state index contributed by atoms with van der Waals surface area (Å²) in [5.41, 5.74) is 6.45.